The second-order valence-electron chi connectivity index (χ2n) is 1.75. The number of halogens is 1. The highest BCUT2D eigenvalue weighted by atomic mass is 32.2. The summed E-state index contributed by atoms with van der Waals surface area (Å²) in [5.41, 5.74) is 0. The summed E-state index contributed by atoms with van der Waals surface area (Å²) in [6, 6.07) is 0. The fourth-order valence-electron chi connectivity index (χ4n) is 0.469. The van der Waals surface area contributed by atoms with Gasteiger partial charge in [-0.1, -0.05) is 0 Å². The standard InChI is InChI=1S/C5H6FN3OS/c1-8(5(6)10)11-9-3-2-7-4-9/h2-4H,1H3. The maximum Gasteiger partial charge on any atom is 0.411 e. The van der Waals surface area contributed by atoms with Crippen LogP contribution in [0.25, 0.3) is 0 Å². The van der Waals surface area contributed by atoms with Gasteiger partial charge in [0.2, 0.25) is 0 Å². The summed E-state index contributed by atoms with van der Waals surface area (Å²) >= 11 is 0.921. The molecule has 1 aromatic rings. The van der Waals surface area contributed by atoms with E-state index in [-0.39, 0.29) is 0 Å². The van der Waals surface area contributed by atoms with Gasteiger partial charge in [0.1, 0.15) is 6.33 Å². The van der Waals surface area contributed by atoms with Crippen LogP contribution in [-0.2, 0) is 0 Å². The minimum atomic E-state index is -1.48. The van der Waals surface area contributed by atoms with Crippen LogP contribution in [0.15, 0.2) is 18.7 Å². The smallest absolute Gasteiger partial charge is 0.262 e. The molecular weight excluding hydrogens is 169 g/mol. The third kappa shape index (κ3) is 2.23. The number of hydrogen-bond acceptors (Lipinski definition) is 3. The first-order valence-electron chi connectivity index (χ1n) is 2.80. The molecule has 0 aliphatic rings. The molecule has 11 heavy (non-hydrogen) atoms. The van der Waals surface area contributed by atoms with Gasteiger partial charge in [-0.2, -0.15) is 0 Å². The summed E-state index contributed by atoms with van der Waals surface area (Å²) in [5.74, 6) is 0. The molecule has 0 aliphatic carbocycles. The van der Waals surface area contributed by atoms with E-state index in [1.165, 1.54) is 17.3 Å². The Morgan fingerprint density at radius 2 is 2.55 bits per heavy atom. The van der Waals surface area contributed by atoms with E-state index in [4.69, 9.17) is 0 Å². The number of nitrogens with zero attached hydrogens (tertiary/aromatic N) is 3. The van der Waals surface area contributed by atoms with Gasteiger partial charge >= 0.3 is 6.16 Å². The zero-order valence-electron chi connectivity index (χ0n) is 5.77. The average Bonchev–Trinajstić information content (AvgIpc) is 2.39. The van der Waals surface area contributed by atoms with Crippen molar-refractivity contribution in [3.63, 3.8) is 0 Å². The summed E-state index contributed by atoms with van der Waals surface area (Å²) in [7, 11) is 1.34. The van der Waals surface area contributed by atoms with Gasteiger partial charge in [-0.15, -0.1) is 4.39 Å². The van der Waals surface area contributed by atoms with Crippen LogP contribution in [0, 0.1) is 0 Å². The molecule has 0 fully saturated rings. The molecule has 60 valence electrons. The molecule has 0 atom stereocenters. The molecule has 0 radical (unpaired) electrons. The Morgan fingerprint density at radius 1 is 1.82 bits per heavy atom. The minimum absolute atomic E-state index is 0.863. The molecule has 0 aromatic carbocycles. The Labute approximate surface area is 67.3 Å². The van der Waals surface area contributed by atoms with E-state index in [2.05, 4.69) is 4.98 Å². The zero-order chi connectivity index (χ0) is 8.27. The molecule has 1 heterocycles. The Balaban J connectivity index is 2.50. The van der Waals surface area contributed by atoms with E-state index in [0.29, 0.717) is 0 Å². The normalized spacial score (nSPS) is 9.64. The Kier molecular flexibility index (Phi) is 2.48. The van der Waals surface area contributed by atoms with Crippen molar-refractivity contribution in [1.82, 2.24) is 13.3 Å². The van der Waals surface area contributed by atoms with Crippen molar-refractivity contribution in [3.05, 3.63) is 18.7 Å². The van der Waals surface area contributed by atoms with E-state index in [9.17, 15) is 9.18 Å². The monoisotopic (exact) mass is 175 g/mol. The molecule has 0 saturated carbocycles. The number of hydrogen-bond donors (Lipinski definition) is 0. The maximum absolute atomic E-state index is 11.9. The number of imidazole rings is 1. The zero-order valence-corrected chi connectivity index (χ0v) is 6.58. The molecule has 0 aliphatic heterocycles. The molecule has 4 nitrogen and oxygen atoms in total. The molecule has 0 saturated heterocycles. The average molecular weight is 175 g/mol. The van der Waals surface area contributed by atoms with Crippen LogP contribution in [0.4, 0.5) is 9.18 Å². The van der Waals surface area contributed by atoms with Gasteiger partial charge in [0.05, 0.1) is 12.1 Å². The molecule has 0 bridgehead atoms. The number of aromatic nitrogens is 2. The molecule has 1 amide bonds. The summed E-state index contributed by atoms with van der Waals surface area (Å²) in [4.78, 5) is 13.8. The highest BCUT2D eigenvalue weighted by Gasteiger charge is 2.06. The third-order valence-corrected chi connectivity index (χ3v) is 1.74. The van der Waals surface area contributed by atoms with Crippen LogP contribution in [0.2, 0.25) is 0 Å². The molecular formula is C5H6FN3OS. The van der Waals surface area contributed by atoms with Crippen molar-refractivity contribution >= 4 is 18.3 Å². The van der Waals surface area contributed by atoms with Crippen molar-refractivity contribution in [2.45, 2.75) is 0 Å². The van der Waals surface area contributed by atoms with E-state index in [1.54, 1.807) is 12.4 Å². The van der Waals surface area contributed by atoms with Crippen molar-refractivity contribution in [3.8, 4) is 0 Å². The van der Waals surface area contributed by atoms with Gasteiger partial charge < -0.3 is 0 Å². The Morgan fingerprint density at radius 3 is 3.00 bits per heavy atom. The number of amides is 1. The molecule has 6 heteroatoms. The molecule has 1 rings (SSSR count). The molecule has 0 spiro atoms. The topological polar surface area (TPSA) is 38.1 Å². The second-order valence-corrected chi connectivity index (χ2v) is 2.89. The summed E-state index contributed by atoms with van der Waals surface area (Å²) in [6.45, 7) is 0. The number of rotatable bonds is 2. The van der Waals surface area contributed by atoms with Gasteiger partial charge in [0.15, 0.2) is 0 Å². The first-order chi connectivity index (χ1) is 5.20. The SMILES string of the molecule is CN(Sn1ccnc1)C(=O)F. The lowest BCUT2D eigenvalue weighted by atomic mass is 11.0. The van der Waals surface area contributed by atoms with E-state index < -0.39 is 6.16 Å². The molecule has 0 unspecified atom stereocenters. The van der Waals surface area contributed by atoms with Crippen molar-refractivity contribution in [2.24, 2.45) is 0 Å². The highest BCUT2D eigenvalue weighted by molar-refractivity contribution is 7.95. The van der Waals surface area contributed by atoms with Crippen LogP contribution in [0.1, 0.15) is 0 Å². The summed E-state index contributed by atoms with van der Waals surface area (Å²) < 4.78 is 14.3. The van der Waals surface area contributed by atoms with Gasteiger partial charge in [-0.05, 0) is 0 Å². The van der Waals surface area contributed by atoms with E-state index >= 15 is 0 Å². The Bertz CT molecular complexity index is 238. The predicted octanol–water partition coefficient (Wildman–Crippen LogP) is 1.32. The van der Waals surface area contributed by atoms with E-state index in [0.717, 1.165) is 16.4 Å². The summed E-state index contributed by atoms with van der Waals surface area (Å²) in [5, 5.41) is 0. The van der Waals surface area contributed by atoms with Crippen molar-refractivity contribution in [1.29, 1.82) is 0 Å². The highest BCUT2D eigenvalue weighted by Crippen LogP contribution is 2.10. The fourth-order valence-corrected chi connectivity index (χ4v) is 1.02. The van der Waals surface area contributed by atoms with Crippen LogP contribution < -0.4 is 0 Å². The lowest BCUT2D eigenvalue weighted by Gasteiger charge is -2.08. The van der Waals surface area contributed by atoms with Gasteiger partial charge in [0, 0.05) is 19.4 Å². The van der Waals surface area contributed by atoms with Crippen LogP contribution in [0.5, 0.6) is 0 Å². The first kappa shape index (κ1) is 8.06. The lowest BCUT2D eigenvalue weighted by Crippen LogP contribution is -2.14. The minimum Gasteiger partial charge on any atom is -0.262 e. The van der Waals surface area contributed by atoms with Crippen molar-refractivity contribution < 1.29 is 9.18 Å². The van der Waals surface area contributed by atoms with Gasteiger partial charge in [0.25, 0.3) is 0 Å². The van der Waals surface area contributed by atoms with Crippen LogP contribution in [-0.4, -0.2) is 26.5 Å². The number of carbonyl (C=O) groups excluding carboxylic acids is 1. The van der Waals surface area contributed by atoms with Crippen molar-refractivity contribution in [2.75, 3.05) is 7.05 Å². The largest absolute Gasteiger partial charge is 0.411 e. The number of carbonyl (C=O) groups is 1. The van der Waals surface area contributed by atoms with Crippen LogP contribution >= 0.6 is 12.1 Å². The lowest BCUT2D eigenvalue weighted by molar-refractivity contribution is 0.209. The quantitative estimate of drug-likeness (QED) is 0.386. The maximum atomic E-state index is 11.9. The van der Waals surface area contributed by atoms with Gasteiger partial charge in [-0.25, -0.2) is 14.1 Å². The fraction of sp³-hybridized carbons (Fsp3) is 0.200. The van der Waals surface area contributed by atoms with Gasteiger partial charge in [-0.3, -0.25) is 3.97 Å². The molecule has 1 aromatic heterocycles. The van der Waals surface area contributed by atoms with Crippen LogP contribution in [0.3, 0.4) is 0 Å². The van der Waals surface area contributed by atoms with E-state index in [1.807, 2.05) is 0 Å². The second kappa shape index (κ2) is 3.38. The molecule has 0 N–H and O–H groups in total. The first-order valence-corrected chi connectivity index (χ1v) is 3.53. The Hall–Kier alpha value is -1.04. The third-order valence-electron chi connectivity index (χ3n) is 0.944. The predicted molar refractivity (Wildman–Crippen MR) is 39.5 cm³/mol. The summed E-state index contributed by atoms with van der Waals surface area (Å²) in [6.07, 6.45) is 3.15.